The smallest absolute Gasteiger partial charge is 0.251 e. The van der Waals surface area contributed by atoms with Crippen LogP contribution < -0.4 is 5.73 Å². The van der Waals surface area contributed by atoms with Gasteiger partial charge in [0.05, 0.1) is 11.1 Å². The number of H-pyrrole nitrogens is 1. The molecule has 1 unspecified atom stereocenters. The number of amides is 1. The molecule has 0 saturated heterocycles. The molecule has 7 heteroatoms. The average molecular weight is 343 g/mol. The highest BCUT2D eigenvalue weighted by Crippen LogP contribution is 2.33. The summed E-state index contributed by atoms with van der Waals surface area (Å²) in [5.41, 5.74) is 6.12. The lowest BCUT2D eigenvalue weighted by atomic mass is 9.97. The Morgan fingerprint density at radius 1 is 1.40 bits per heavy atom. The molecule has 0 aliphatic rings. The first kappa shape index (κ1) is 16.8. The van der Waals surface area contributed by atoms with E-state index in [-0.39, 0.29) is 5.56 Å². The van der Waals surface area contributed by atoms with Crippen LogP contribution in [0.4, 0.5) is 8.78 Å². The van der Waals surface area contributed by atoms with Gasteiger partial charge in [-0.25, -0.2) is 13.8 Å². The Morgan fingerprint density at radius 2 is 2.12 bits per heavy atom. The number of nitrogens with zero attached hydrogens (tertiary/aromatic N) is 1. The second-order valence-electron chi connectivity index (χ2n) is 5.73. The minimum absolute atomic E-state index is 0.227. The maximum atomic E-state index is 14.5. The van der Waals surface area contributed by atoms with Gasteiger partial charge in [-0.15, -0.1) is 0 Å². The summed E-state index contributed by atoms with van der Waals surface area (Å²) in [7, 11) is 0. The standard InChI is InChI=1S/C18H15F2N3O2/c1-8(2)9-5-11-12(7-23-18(11)22-6-9)16(24)14-13(19)4-3-10(15(14)20)17(21)25/h3-7,16,24H,1H2,2H3,(H2,21,25)(H,22,23). The second-order valence-corrected chi connectivity index (χ2v) is 5.73. The molecule has 3 rings (SSSR count). The molecule has 0 aliphatic carbocycles. The van der Waals surface area contributed by atoms with Crippen molar-refractivity contribution in [1.29, 1.82) is 0 Å². The Labute approximate surface area is 141 Å². The summed E-state index contributed by atoms with van der Waals surface area (Å²) in [6.07, 6.45) is 1.38. The molecular formula is C18H15F2N3O2. The van der Waals surface area contributed by atoms with E-state index in [4.69, 9.17) is 5.73 Å². The van der Waals surface area contributed by atoms with E-state index in [0.29, 0.717) is 11.0 Å². The second kappa shape index (κ2) is 6.10. The van der Waals surface area contributed by atoms with Crippen molar-refractivity contribution in [3.63, 3.8) is 0 Å². The summed E-state index contributed by atoms with van der Waals surface area (Å²) < 4.78 is 28.6. The van der Waals surface area contributed by atoms with Crippen molar-refractivity contribution in [3.05, 3.63) is 71.1 Å². The number of hydrogen-bond donors (Lipinski definition) is 3. The van der Waals surface area contributed by atoms with Gasteiger partial charge in [0.15, 0.2) is 0 Å². The van der Waals surface area contributed by atoms with E-state index in [1.807, 2.05) is 0 Å². The monoisotopic (exact) mass is 343 g/mol. The number of carbonyl (C=O) groups excluding carboxylic acids is 1. The third-order valence-electron chi connectivity index (χ3n) is 4.02. The SMILES string of the molecule is C=C(C)c1cnc2[nH]cc(C(O)c3c(F)ccc(C(N)=O)c3F)c2c1. The number of allylic oxidation sites excluding steroid dienone is 1. The van der Waals surface area contributed by atoms with Crippen LogP contribution >= 0.6 is 0 Å². The molecule has 0 spiro atoms. The van der Waals surface area contributed by atoms with Gasteiger partial charge >= 0.3 is 0 Å². The molecular weight excluding hydrogens is 328 g/mol. The highest BCUT2D eigenvalue weighted by atomic mass is 19.1. The molecule has 0 bridgehead atoms. The number of hydrogen-bond acceptors (Lipinski definition) is 3. The first-order valence-corrected chi connectivity index (χ1v) is 7.40. The molecule has 5 nitrogen and oxygen atoms in total. The summed E-state index contributed by atoms with van der Waals surface area (Å²) in [5, 5.41) is 11.1. The van der Waals surface area contributed by atoms with Crippen molar-refractivity contribution in [3.8, 4) is 0 Å². The zero-order chi connectivity index (χ0) is 18.3. The van der Waals surface area contributed by atoms with Crippen molar-refractivity contribution in [1.82, 2.24) is 9.97 Å². The van der Waals surface area contributed by atoms with E-state index in [0.717, 1.165) is 23.3 Å². The minimum atomic E-state index is -1.64. The third-order valence-corrected chi connectivity index (χ3v) is 4.02. The molecule has 0 radical (unpaired) electrons. The Morgan fingerprint density at radius 3 is 2.76 bits per heavy atom. The molecule has 0 aliphatic heterocycles. The summed E-state index contributed by atoms with van der Waals surface area (Å²) in [4.78, 5) is 18.3. The number of aromatic nitrogens is 2. The van der Waals surface area contributed by atoms with Crippen LogP contribution in [0.5, 0.6) is 0 Å². The van der Waals surface area contributed by atoms with Gasteiger partial charge in [0.1, 0.15) is 23.4 Å². The Hall–Kier alpha value is -3.06. The van der Waals surface area contributed by atoms with Gasteiger partial charge in [-0.2, -0.15) is 0 Å². The number of aliphatic hydroxyl groups excluding tert-OH is 1. The number of nitrogens with one attached hydrogen (secondary N) is 1. The Bertz CT molecular complexity index is 1010. The van der Waals surface area contributed by atoms with Gasteiger partial charge in [-0.3, -0.25) is 4.79 Å². The lowest BCUT2D eigenvalue weighted by Crippen LogP contribution is -2.16. The minimum Gasteiger partial charge on any atom is -0.383 e. The average Bonchev–Trinajstić information content (AvgIpc) is 2.97. The lowest BCUT2D eigenvalue weighted by molar-refractivity contribution is 0.0995. The normalized spacial score (nSPS) is 12.3. The van der Waals surface area contributed by atoms with Crippen molar-refractivity contribution in [2.75, 3.05) is 0 Å². The van der Waals surface area contributed by atoms with Gasteiger partial charge in [0.25, 0.3) is 5.91 Å². The zero-order valence-electron chi connectivity index (χ0n) is 13.3. The molecule has 128 valence electrons. The number of primary amides is 1. The highest BCUT2D eigenvalue weighted by Gasteiger charge is 2.26. The predicted octanol–water partition coefficient (Wildman–Crippen LogP) is 3.05. The van der Waals surface area contributed by atoms with Crippen LogP contribution in [0.2, 0.25) is 0 Å². The first-order chi connectivity index (χ1) is 11.8. The molecule has 25 heavy (non-hydrogen) atoms. The van der Waals surface area contributed by atoms with Crippen LogP contribution in [-0.4, -0.2) is 21.0 Å². The van der Waals surface area contributed by atoms with E-state index >= 15 is 0 Å². The molecule has 1 atom stereocenters. The molecule has 2 aromatic heterocycles. The molecule has 4 N–H and O–H groups in total. The summed E-state index contributed by atoms with van der Waals surface area (Å²) in [5.74, 6) is -3.21. The van der Waals surface area contributed by atoms with Crippen molar-refractivity contribution in [2.45, 2.75) is 13.0 Å². The van der Waals surface area contributed by atoms with Crippen LogP contribution in [0.25, 0.3) is 16.6 Å². The third kappa shape index (κ3) is 2.78. The number of halogens is 2. The number of pyridine rings is 1. The molecule has 1 aromatic carbocycles. The largest absolute Gasteiger partial charge is 0.383 e. The molecule has 1 amide bonds. The van der Waals surface area contributed by atoms with E-state index in [1.54, 1.807) is 19.2 Å². The quantitative estimate of drug-likeness (QED) is 0.680. The van der Waals surface area contributed by atoms with Crippen LogP contribution in [0.1, 0.15) is 40.1 Å². The highest BCUT2D eigenvalue weighted by molar-refractivity contribution is 5.93. The zero-order valence-corrected chi connectivity index (χ0v) is 13.3. The van der Waals surface area contributed by atoms with Crippen LogP contribution in [0.15, 0.2) is 37.2 Å². The van der Waals surface area contributed by atoms with Crippen LogP contribution in [0.3, 0.4) is 0 Å². The Kier molecular flexibility index (Phi) is 4.10. The fraction of sp³-hybridized carbons (Fsp3) is 0.111. The molecule has 0 saturated carbocycles. The summed E-state index contributed by atoms with van der Waals surface area (Å²) in [6, 6.07) is 3.56. The predicted molar refractivity (Wildman–Crippen MR) is 89.7 cm³/mol. The van der Waals surface area contributed by atoms with Crippen LogP contribution in [-0.2, 0) is 0 Å². The maximum Gasteiger partial charge on any atom is 0.251 e. The first-order valence-electron chi connectivity index (χ1n) is 7.40. The molecule has 0 fully saturated rings. The Balaban J connectivity index is 2.19. The number of fused-ring (bicyclic) bond motifs is 1. The van der Waals surface area contributed by atoms with Gasteiger partial charge < -0.3 is 15.8 Å². The van der Waals surface area contributed by atoms with E-state index in [2.05, 4.69) is 16.5 Å². The number of benzene rings is 1. The fourth-order valence-electron chi connectivity index (χ4n) is 2.65. The summed E-state index contributed by atoms with van der Waals surface area (Å²) >= 11 is 0. The number of rotatable bonds is 4. The number of aromatic amines is 1. The lowest BCUT2D eigenvalue weighted by Gasteiger charge is -2.14. The van der Waals surface area contributed by atoms with Gasteiger partial charge in [-0.05, 0) is 36.3 Å². The van der Waals surface area contributed by atoms with E-state index < -0.39 is 34.8 Å². The fourth-order valence-corrected chi connectivity index (χ4v) is 2.65. The topological polar surface area (TPSA) is 92.0 Å². The summed E-state index contributed by atoms with van der Waals surface area (Å²) in [6.45, 7) is 5.62. The van der Waals surface area contributed by atoms with Gasteiger partial charge in [0.2, 0.25) is 0 Å². The number of aliphatic hydroxyl groups is 1. The van der Waals surface area contributed by atoms with Gasteiger partial charge in [0, 0.05) is 23.3 Å². The van der Waals surface area contributed by atoms with Crippen molar-refractivity contribution >= 4 is 22.5 Å². The van der Waals surface area contributed by atoms with Crippen molar-refractivity contribution < 1.29 is 18.7 Å². The maximum absolute atomic E-state index is 14.5. The van der Waals surface area contributed by atoms with Crippen molar-refractivity contribution in [2.24, 2.45) is 5.73 Å². The van der Waals surface area contributed by atoms with E-state index in [1.165, 1.54) is 6.20 Å². The van der Waals surface area contributed by atoms with E-state index in [9.17, 15) is 18.7 Å². The van der Waals surface area contributed by atoms with Gasteiger partial charge in [-0.1, -0.05) is 6.58 Å². The number of carbonyl (C=O) groups is 1. The molecule has 2 heterocycles. The number of nitrogens with two attached hydrogens (primary N) is 1. The van der Waals surface area contributed by atoms with Crippen LogP contribution in [0, 0.1) is 11.6 Å². The molecule has 3 aromatic rings.